The summed E-state index contributed by atoms with van der Waals surface area (Å²) < 4.78 is 1.92. The Labute approximate surface area is 149 Å². The van der Waals surface area contributed by atoms with Gasteiger partial charge in [0.15, 0.2) is 5.69 Å². The molecule has 8 heteroatoms. The maximum Gasteiger partial charge on any atom is 0.251 e. The van der Waals surface area contributed by atoms with E-state index in [1.54, 1.807) is 0 Å². The van der Waals surface area contributed by atoms with E-state index in [1.165, 1.54) is 30.6 Å². The molecule has 0 saturated carbocycles. The Balaban J connectivity index is 1.71. The fourth-order valence-electron chi connectivity index (χ4n) is 3.23. The van der Waals surface area contributed by atoms with Crippen molar-refractivity contribution in [3.63, 3.8) is 0 Å². The van der Waals surface area contributed by atoms with Gasteiger partial charge in [-0.25, -0.2) is 0 Å². The van der Waals surface area contributed by atoms with Crippen LogP contribution in [0.1, 0.15) is 24.3 Å². The molecular weight excluding hydrogens is 336 g/mol. The Kier molecular flexibility index (Phi) is 4.46. The van der Waals surface area contributed by atoms with E-state index < -0.39 is 0 Å². The zero-order valence-corrected chi connectivity index (χ0v) is 14.9. The van der Waals surface area contributed by atoms with Crippen LogP contribution in [-0.4, -0.2) is 37.9 Å². The topological polar surface area (TPSA) is 78.9 Å². The number of para-hydroxylation sites is 1. The van der Waals surface area contributed by atoms with Crippen LogP contribution in [0.5, 0.6) is 5.88 Å². The van der Waals surface area contributed by atoms with Crippen LogP contribution in [0.2, 0.25) is 0 Å². The molecule has 1 fully saturated rings. The molecule has 1 N–H and O–H groups in total. The molecule has 2 aromatic heterocycles. The molecule has 1 aliphatic heterocycles. The summed E-state index contributed by atoms with van der Waals surface area (Å²) in [6.07, 6.45) is 3.71. The van der Waals surface area contributed by atoms with Gasteiger partial charge in [-0.1, -0.05) is 36.0 Å². The highest BCUT2D eigenvalue weighted by atomic mass is 32.1. The van der Waals surface area contributed by atoms with Crippen LogP contribution < -0.4 is 0 Å². The highest BCUT2D eigenvalue weighted by molar-refractivity contribution is 7.14. The number of aryl methyl sites for hydroxylation is 1. The van der Waals surface area contributed by atoms with Crippen molar-refractivity contribution >= 4 is 33.1 Å². The molecule has 0 amide bonds. The normalized spacial score (nSPS) is 16.2. The van der Waals surface area contributed by atoms with Crippen LogP contribution in [0.4, 0.5) is 10.8 Å². The van der Waals surface area contributed by atoms with Crippen LogP contribution in [0.25, 0.3) is 10.9 Å². The second kappa shape index (κ2) is 6.89. The third kappa shape index (κ3) is 3.27. The van der Waals surface area contributed by atoms with Gasteiger partial charge in [0.1, 0.15) is 5.01 Å². The predicted octanol–water partition coefficient (Wildman–Crippen LogP) is 4.37. The van der Waals surface area contributed by atoms with Gasteiger partial charge < -0.3 is 5.11 Å². The number of fused-ring (bicyclic) bond motifs is 1. The largest absolute Gasteiger partial charge is 0.493 e. The van der Waals surface area contributed by atoms with Gasteiger partial charge in [-0.2, -0.15) is 0 Å². The third-order valence-electron chi connectivity index (χ3n) is 4.46. The first kappa shape index (κ1) is 16.2. The Morgan fingerprint density at radius 2 is 1.92 bits per heavy atom. The van der Waals surface area contributed by atoms with Crippen molar-refractivity contribution in [1.29, 1.82) is 0 Å². The minimum atomic E-state index is 0.150. The molecule has 3 heterocycles. The minimum absolute atomic E-state index is 0.150. The van der Waals surface area contributed by atoms with Gasteiger partial charge in [0.25, 0.3) is 5.13 Å². The standard InChI is InChI=1S/C17H20N6OS/c1-12-18-20-17(25-12)21-19-15-13-7-3-4-8-14(13)23(16(15)24)11-22-9-5-2-6-10-22/h3-4,7-8,24H,2,5-6,9-11H2,1H3. The molecule has 0 unspecified atom stereocenters. The minimum Gasteiger partial charge on any atom is -0.493 e. The Morgan fingerprint density at radius 3 is 2.68 bits per heavy atom. The number of azo groups is 1. The molecule has 25 heavy (non-hydrogen) atoms. The molecule has 1 aromatic carbocycles. The average molecular weight is 356 g/mol. The van der Waals surface area contributed by atoms with Gasteiger partial charge in [-0.05, 0) is 38.9 Å². The fourth-order valence-corrected chi connectivity index (χ4v) is 3.74. The summed E-state index contributed by atoms with van der Waals surface area (Å²) >= 11 is 1.37. The lowest BCUT2D eigenvalue weighted by atomic mass is 10.1. The smallest absolute Gasteiger partial charge is 0.251 e. The Hall–Kier alpha value is -2.32. The number of rotatable bonds is 4. The van der Waals surface area contributed by atoms with E-state index in [0.29, 0.717) is 17.5 Å². The van der Waals surface area contributed by atoms with Gasteiger partial charge in [0.2, 0.25) is 5.88 Å². The maximum absolute atomic E-state index is 10.8. The number of hydrogen-bond acceptors (Lipinski definition) is 7. The van der Waals surface area contributed by atoms with Crippen molar-refractivity contribution in [2.45, 2.75) is 32.9 Å². The summed E-state index contributed by atoms with van der Waals surface area (Å²) in [5, 5.41) is 29.3. The molecule has 0 aliphatic carbocycles. The van der Waals surface area contributed by atoms with E-state index in [9.17, 15) is 5.11 Å². The number of aromatic hydroxyl groups is 1. The zero-order valence-electron chi connectivity index (χ0n) is 14.1. The number of nitrogens with zero attached hydrogens (tertiary/aromatic N) is 6. The second-order valence-corrected chi connectivity index (χ2v) is 7.40. The van der Waals surface area contributed by atoms with Gasteiger partial charge in [0.05, 0.1) is 12.2 Å². The van der Waals surface area contributed by atoms with Crippen molar-refractivity contribution in [2.75, 3.05) is 13.1 Å². The van der Waals surface area contributed by atoms with Crippen LogP contribution in [0.15, 0.2) is 34.5 Å². The summed E-state index contributed by atoms with van der Waals surface area (Å²) in [5.41, 5.74) is 1.45. The fraction of sp³-hybridized carbons (Fsp3) is 0.412. The van der Waals surface area contributed by atoms with Gasteiger partial charge in [0, 0.05) is 5.39 Å². The van der Waals surface area contributed by atoms with E-state index >= 15 is 0 Å². The quantitative estimate of drug-likeness (QED) is 0.704. The molecule has 0 spiro atoms. The highest BCUT2D eigenvalue weighted by Gasteiger charge is 2.19. The van der Waals surface area contributed by atoms with Gasteiger partial charge >= 0.3 is 0 Å². The molecule has 4 rings (SSSR count). The number of piperidine rings is 1. The summed E-state index contributed by atoms with van der Waals surface area (Å²) in [6, 6.07) is 7.89. The second-order valence-electron chi connectivity index (χ2n) is 6.24. The van der Waals surface area contributed by atoms with Crippen LogP contribution in [0.3, 0.4) is 0 Å². The molecule has 0 atom stereocenters. The molecule has 1 aliphatic rings. The van der Waals surface area contributed by atoms with E-state index in [4.69, 9.17) is 0 Å². The Bertz CT molecular complexity index is 909. The van der Waals surface area contributed by atoms with E-state index in [0.717, 1.165) is 29.0 Å². The molecule has 0 radical (unpaired) electrons. The molecule has 7 nitrogen and oxygen atoms in total. The van der Waals surface area contributed by atoms with Crippen LogP contribution >= 0.6 is 11.3 Å². The van der Waals surface area contributed by atoms with Gasteiger partial charge in [-0.3, -0.25) is 9.47 Å². The van der Waals surface area contributed by atoms with Crippen LogP contribution in [-0.2, 0) is 6.67 Å². The van der Waals surface area contributed by atoms with Crippen molar-refractivity contribution in [3.8, 4) is 5.88 Å². The number of likely N-dealkylation sites (tertiary alicyclic amines) is 1. The maximum atomic E-state index is 10.8. The van der Waals surface area contributed by atoms with Crippen molar-refractivity contribution in [2.24, 2.45) is 10.2 Å². The molecule has 1 saturated heterocycles. The van der Waals surface area contributed by atoms with Gasteiger partial charge in [-0.15, -0.1) is 20.4 Å². The third-order valence-corrected chi connectivity index (χ3v) is 5.18. The van der Waals surface area contributed by atoms with Crippen molar-refractivity contribution < 1.29 is 5.11 Å². The average Bonchev–Trinajstić information content (AvgIpc) is 3.16. The monoisotopic (exact) mass is 356 g/mol. The first-order valence-corrected chi connectivity index (χ1v) is 9.28. The predicted molar refractivity (Wildman–Crippen MR) is 97.8 cm³/mol. The molecular formula is C17H20N6OS. The number of benzene rings is 1. The summed E-state index contributed by atoms with van der Waals surface area (Å²) in [6.45, 7) is 4.66. The summed E-state index contributed by atoms with van der Waals surface area (Å²) in [4.78, 5) is 2.37. The van der Waals surface area contributed by atoms with Crippen molar-refractivity contribution in [3.05, 3.63) is 29.3 Å². The first-order valence-electron chi connectivity index (χ1n) is 8.47. The zero-order chi connectivity index (χ0) is 17.2. The van der Waals surface area contributed by atoms with E-state index in [1.807, 2.05) is 35.8 Å². The molecule has 0 bridgehead atoms. The Morgan fingerprint density at radius 1 is 1.12 bits per heavy atom. The number of hydrogen-bond donors (Lipinski definition) is 1. The lowest BCUT2D eigenvalue weighted by Gasteiger charge is -2.27. The van der Waals surface area contributed by atoms with E-state index in [2.05, 4.69) is 25.3 Å². The SMILES string of the molecule is Cc1nnc(N=Nc2c(O)n(CN3CCCCC3)c3ccccc23)s1. The lowest BCUT2D eigenvalue weighted by Crippen LogP contribution is -2.31. The van der Waals surface area contributed by atoms with Crippen LogP contribution in [0, 0.1) is 6.92 Å². The molecule has 130 valence electrons. The van der Waals surface area contributed by atoms with E-state index in [-0.39, 0.29) is 5.88 Å². The molecule has 3 aromatic rings. The van der Waals surface area contributed by atoms with Crippen molar-refractivity contribution in [1.82, 2.24) is 19.7 Å². The summed E-state index contributed by atoms with van der Waals surface area (Å²) in [5.74, 6) is 0.150. The summed E-state index contributed by atoms with van der Waals surface area (Å²) in [7, 11) is 0. The highest BCUT2D eigenvalue weighted by Crippen LogP contribution is 2.39. The first-order chi connectivity index (χ1) is 12.2. The number of aromatic nitrogens is 3. The lowest BCUT2D eigenvalue weighted by molar-refractivity contribution is 0.178.